The van der Waals surface area contributed by atoms with Gasteiger partial charge in [-0.3, -0.25) is 4.79 Å². The fourth-order valence-corrected chi connectivity index (χ4v) is 3.79. The lowest BCUT2D eigenvalue weighted by molar-refractivity contribution is -0.117. The molecule has 40 heavy (non-hydrogen) atoms. The summed E-state index contributed by atoms with van der Waals surface area (Å²) in [5.74, 6) is -1.15. The molecule has 3 atom stereocenters. The zero-order chi connectivity index (χ0) is 29.3. The van der Waals surface area contributed by atoms with Crippen LogP contribution in [0.5, 0.6) is 0 Å². The Morgan fingerprint density at radius 2 is 1.88 bits per heavy atom. The van der Waals surface area contributed by atoms with Crippen LogP contribution in [0.1, 0.15) is 27.2 Å². The minimum atomic E-state index is -1.74. The molecule has 2 aliphatic rings. The van der Waals surface area contributed by atoms with Crippen LogP contribution in [0, 0.1) is 0 Å². The first-order chi connectivity index (χ1) is 18.9. The van der Waals surface area contributed by atoms with Gasteiger partial charge >= 0.3 is 6.09 Å². The minimum absolute atomic E-state index is 0.0345. The topological polar surface area (TPSA) is 105 Å². The minimum Gasteiger partial charge on any atom is -0.444 e. The summed E-state index contributed by atoms with van der Waals surface area (Å²) in [6, 6.07) is 7.50. The number of ether oxygens (including phenoxy) is 2. The summed E-state index contributed by atoms with van der Waals surface area (Å²) < 4.78 is 39.5. The van der Waals surface area contributed by atoms with Crippen LogP contribution < -0.4 is 15.5 Å². The molecule has 0 aliphatic heterocycles. The third kappa shape index (κ3) is 9.71. The molecule has 9 nitrogen and oxygen atoms in total. The van der Waals surface area contributed by atoms with Crippen LogP contribution in [0.4, 0.5) is 25.0 Å². The number of halogens is 2. The van der Waals surface area contributed by atoms with Crippen molar-refractivity contribution in [2.45, 2.75) is 51.1 Å². The molecule has 3 unspecified atom stereocenters. The number of carbonyl (C=O) groups excluding carboxylic acids is 2. The van der Waals surface area contributed by atoms with Crippen molar-refractivity contribution in [2.24, 2.45) is 10.2 Å². The van der Waals surface area contributed by atoms with E-state index in [2.05, 4.69) is 20.9 Å². The zero-order valence-electron chi connectivity index (χ0n) is 23.5. The van der Waals surface area contributed by atoms with Gasteiger partial charge in [0.15, 0.2) is 6.17 Å². The molecule has 1 aromatic carbocycles. The predicted molar refractivity (Wildman–Crippen MR) is 150 cm³/mol. The highest BCUT2D eigenvalue weighted by Crippen LogP contribution is 2.25. The van der Waals surface area contributed by atoms with Gasteiger partial charge in [0.05, 0.1) is 18.3 Å². The average molecular weight is 558 g/mol. The Bertz CT molecular complexity index is 1200. The summed E-state index contributed by atoms with van der Waals surface area (Å²) in [5, 5.41) is 13.7. The van der Waals surface area contributed by atoms with Crippen molar-refractivity contribution in [1.82, 2.24) is 10.6 Å². The van der Waals surface area contributed by atoms with E-state index in [9.17, 15) is 18.4 Å². The van der Waals surface area contributed by atoms with Crippen LogP contribution in [0.25, 0.3) is 0 Å². The SMILES string of the molecule is CN(C)c1ccc(/N=N/C2C=CC(C(=O)NCC3=CC(F)C(OCCNC(=O)OC(C)(C)C)C(F)=C3)=CC2)cc1. The third-order valence-corrected chi connectivity index (χ3v) is 5.81. The molecule has 0 heterocycles. The summed E-state index contributed by atoms with van der Waals surface area (Å²) in [4.78, 5) is 26.2. The van der Waals surface area contributed by atoms with E-state index in [0.29, 0.717) is 12.0 Å². The highest BCUT2D eigenvalue weighted by atomic mass is 19.1. The van der Waals surface area contributed by atoms with E-state index in [0.717, 1.165) is 17.5 Å². The van der Waals surface area contributed by atoms with Crippen LogP contribution in [-0.2, 0) is 14.3 Å². The Morgan fingerprint density at radius 3 is 2.48 bits per heavy atom. The van der Waals surface area contributed by atoms with Gasteiger partial charge in [-0.2, -0.15) is 10.2 Å². The molecule has 2 aliphatic carbocycles. The quantitative estimate of drug-likeness (QED) is 0.302. The van der Waals surface area contributed by atoms with Gasteiger partial charge in [-0.25, -0.2) is 13.6 Å². The molecular weight excluding hydrogens is 520 g/mol. The number of nitrogens with zero attached hydrogens (tertiary/aromatic N) is 3. The molecule has 0 bridgehead atoms. The van der Waals surface area contributed by atoms with Gasteiger partial charge in [-0.15, -0.1) is 0 Å². The number of anilines is 1. The van der Waals surface area contributed by atoms with Crippen LogP contribution in [0.15, 0.2) is 81.8 Å². The molecule has 0 aromatic heterocycles. The third-order valence-electron chi connectivity index (χ3n) is 5.81. The first-order valence-corrected chi connectivity index (χ1v) is 13.1. The first-order valence-electron chi connectivity index (χ1n) is 13.1. The van der Waals surface area contributed by atoms with Crippen LogP contribution in [0.3, 0.4) is 0 Å². The molecule has 1 aromatic rings. The molecule has 216 valence electrons. The number of rotatable bonds is 10. The van der Waals surface area contributed by atoms with Crippen molar-refractivity contribution in [1.29, 1.82) is 0 Å². The second kappa shape index (κ2) is 14.0. The predicted octanol–water partition coefficient (Wildman–Crippen LogP) is 5.25. The van der Waals surface area contributed by atoms with Crippen LogP contribution in [-0.4, -0.2) is 69.7 Å². The van der Waals surface area contributed by atoms with Crippen molar-refractivity contribution in [2.75, 3.05) is 38.7 Å². The summed E-state index contributed by atoms with van der Waals surface area (Å²) in [7, 11) is 3.93. The highest BCUT2D eigenvalue weighted by Gasteiger charge is 2.29. The van der Waals surface area contributed by atoms with E-state index in [1.807, 2.05) is 43.3 Å². The van der Waals surface area contributed by atoms with E-state index >= 15 is 0 Å². The number of nitrogens with one attached hydrogen (secondary N) is 2. The van der Waals surface area contributed by atoms with E-state index in [1.54, 1.807) is 39.0 Å². The highest BCUT2D eigenvalue weighted by molar-refractivity contribution is 5.96. The molecule has 11 heteroatoms. The van der Waals surface area contributed by atoms with Gasteiger partial charge in [0.1, 0.15) is 17.5 Å². The Balaban J connectivity index is 1.41. The number of hydrogen-bond donors (Lipinski definition) is 2. The number of carbonyl (C=O) groups is 2. The van der Waals surface area contributed by atoms with Crippen molar-refractivity contribution in [3.05, 3.63) is 71.6 Å². The van der Waals surface area contributed by atoms with Gasteiger partial charge in [0, 0.05) is 38.4 Å². The van der Waals surface area contributed by atoms with Crippen molar-refractivity contribution in [3.8, 4) is 0 Å². The standard InChI is InChI=1S/C29H37F2N5O4/c1-29(2,3)40-28(38)32-14-15-39-26-24(30)16-19(17-25(26)31)18-33-27(37)20-6-8-21(9-7-20)34-35-22-10-12-23(13-11-22)36(4)5/h6-8,10-13,16-17,21,24,26H,9,14-15,18H2,1-5H3,(H,32,38)(H,33,37)/b35-34+. The van der Waals surface area contributed by atoms with Gasteiger partial charge in [-0.05, 0) is 69.2 Å². The van der Waals surface area contributed by atoms with E-state index in [4.69, 9.17) is 9.47 Å². The number of azo groups is 1. The largest absolute Gasteiger partial charge is 0.444 e. The summed E-state index contributed by atoms with van der Waals surface area (Å²) in [6.07, 6.45) is 4.28. The smallest absolute Gasteiger partial charge is 0.407 e. The maximum absolute atomic E-state index is 14.6. The fourth-order valence-electron chi connectivity index (χ4n) is 3.79. The Hall–Kier alpha value is -3.86. The van der Waals surface area contributed by atoms with Gasteiger partial charge in [0.2, 0.25) is 0 Å². The lowest BCUT2D eigenvalue weighted by Gasteiger charge is -2.23. The summed E-state index contributed by atoms with van der Waals surface area (Å²) in [5.41, 5.74) is 1.89. The number of alkyl halides is 1. The van der Waals surface area contributed by atoms with E-state index in [1.165, 1.54) is 6.08 Å². The number of amides is 2. The van der Waals surface area contributed by atoms with E-state index in [-0.39, 0.29) is 37.2 Å². The first kappa shape index (κ1) is 30.7. The maximum Gasteiger partial charge on any atom is 0.407 e. The maximum atomic E-state index is 14.6. The average Bonchev–Trinajstić information content (AvgIpc) is 2.89. The van der Waals surface area contributed by atoms with Crippen molar-refractivity contribution in [3.63, 3.8) is 0 Å². The molecule has 0 saturated carbocycles. The molecule has 0 fully saturated rings. The van der Waals surface area contributed by atoms with Crippen LogP contribution >= 0.6 is 0 Å². The molecule has 0 radical (unpaired) electrons. The number of alkyl carbamates (subject to hydrolysis) is 1. The molecule has 3 rings (SSSR count). The Kier molecular flexibility index (Phi) is 10.7. The number of benzene rings is 1. The molecule has 2 amide bonds. The second-order valence-electron chi connectivity index (χ2n) is 10.6. The summed E-state index contributed by atoms with van der Waals surface area (Å²) in [6.45, 7) is 5.07. The molecule has 2 N–H and O–H groups in total. The van der Waals surface area contributed by atoms with Crippen molar-refractivity contribution < 1.29 is 27.8 Å². The Morgan fingerprint density at radius 1 is 1.15 bits per heavy atom. The molecule has 0 saturated heterocycles. The molecular formula is C29H37F2N5O4. The van der Waals surface area contributed by atoms with Gasteiger partial charge in [0.25, 0.3) is 5.91 Å². The Labute approximate surface area is 233 Å². The lowest BCUT2D eigenvalue weighted by atomic mass is 10.0. The van der Waals surface area contributed by atoms with Crippen molar-refractivity contribution >= 4 is 23.4 Å². The van der Waals surface area contributed by atoms with Crippen LogP contribution in [0.2, 0.25) is 0 Å². The zero-order valence-corrected chi connectivity index (χ0v) is 23.5. The molecule has 0 spiro atoms. The monoisotopic (exact) mass is 557 g/mol. The normalized spacial score (nSPS) is 20.9. The van der Waals surface area contributed by atoms with E-state index < -0.39 is 29.8 Å². The van der Waals surface area contributed by atoms with Gasteiger partial charge < -0.3 is 25.0 Å². The second-order valence-corrected chi connectivity index (χ2v) is 10.6. The summed E-state index contributed by atoms with van der Waals surface area (Å²) >= 11 is 0. The lowest BCUT2D eigenvalue weighted by Crippen LogP contribution is -2.36. The number of hydrogen-bond acceptors (Lipinski definition) is 7. The fraction of sp³-hybridized carbons (Fsp3) is 0.448. The van der Waals surface area contributed by atoms with Gasteiger partial charge in [-0.1, -0.05) is 18.2 Å².